The maximum Gasteiger partial charge on any atom is 0.265 e. The van der Waals surface area contributed by atoms with Crippen molar-refractivity contribution in [2.75, 3.05) is 12.4 Å². The van der Waals surface area contributed by atoms with Crippen molar-refractivity contribution in [3.8, 4) is 11.5 Å². The molecule has 1 amide bonds. The van der Waals surface area contributed by atoms with E-state index in [-0.39, 0.29) is 5.91 Å². The Labute approximate surface area is 157 Å². The van der Waals surface area contributed by atoms with Crippen LogP contribution in [0.2, 0.25) is 0 Å². The summed E-state index contributed by atoms with van der Waals surface area (Å²) in [5.41, 5.74) is 4.04. The van der Waals surface area contributed by atoms with Crippen LogP contribution in [0.5, 0.6) is 11.5 Å². The fourth-order valence-electron chi connectivity index (χ4n) is 2.65. The highest BCUT2D eigenvalue weighted by molar-refractivity contribution is 7.12. The summed E-state index contributed by atoms with van der Waals surface area (Å²) in [5, 5.41) is 4.90. The lowest BCUT2D eigenvalue weighted by Crippen LogP contribution is -2.10. The molecular weight excluding hydrogens is 346 g/mol. The van der Waals surface area contributed by atoms with Gasteiger partial charge in [-0.25, -0.2) is 0 Å². The first kappa shape index (κ1) is 18.0. The zero-order valence-corrected chi connectivity index (χ0v) is 15.9. The average Bonchev–Trinajstić information content (AvgIpc) is 3.08. The van der Waals surface area contributed by atoms with Gasteiger partial charge in [-0.3, -0.25) is 4.79 Å². The monoisotopic (exact) mass is 367 g/mol. The SMILES string of the molecule is COc1ccc(OCc2csc(C(=O)Nc3cc(C)cc(C)c3)c2)cc1. The van der Waals surface area contributed by atoms with E-state index in [1.165, 1.54) is 11.3 Å². The van der Waals surface area contributed by atoms with Crippen LogP contribution in [0.3, 0.4) is 0 Å². The van der Waals surface area contributed by atoms with E-state index in [1.54, 1.807) is 7.11 Å². The second-order valence-electron chi connectivity index (χ2n) is 6.11. The normalized spacial score (nSPS) is 10.4. The molecule has 0 radical (unpaired) electrons. The van der Waals surface area contributed by atoms with Crippen LogP contribution in [0.1, 0.15) is 26.4 Å². The Bertz CT molecular complexity index is 880. The van der Waals surface area contributed by atoms with E-state index < -0.39 is 0 Å². The average molecular weight is 367 g/mol. The van der Waals surface area contributed by atoms with Crippen LogP contribution in [0.4, 0.5) is 5.69 Å². The highest BCUT2D eigenvalue weighted by Gasteiger charge is 2.10. The molecule has 3 aromatic rings. The maximum atomic E-state index is 12.4. The molecule has 0 atom stereocenters. The first-order valence-electron chi connectivity index (χ1n) is 8.27. The van der Waals surface area contributed by atoms with Gasteiger partial charge in [0, 0.05) is 11.3 Å². The number of amides is 1. The third-order valence-corrected chi connectivity index (χ3v) is 4.80. The zero-order valence-electron chi connectivity index (χ0n) is 15.0. The number of thiophene rings is 1. The summed E-state index contributed by atoms with van der Waals surface area (Å²) >= 11 is 1.41. The van der Waals surface area contributed by atoms with Gasteiger partial charge in [0.05, 0.1) is 12.0 Å². The number of carbonyl (C=O) groups excluding carboxylic acids is 1. The Balaban J connectivity index is 1.60. The predicted molar refractivity (Wildman–Crippen MR) is 106 cm³/mol. The van der Waals surface area contributed by atoms with Crippen LogP contribution in [-0.2, 0) is 6.61 Å². The van der Waals surface area contributed by atoms with Crippen molar-refractivity contribution in [2.45, 2.75) is 20.5 Å². The van der Waals surface area contributed by atoms with Gasteiger partial charge in [-0.15, -0.1) is 11.3 Å². The minimum Gasteiger partial charge on any atom is -0.497 e. The first-order chi connectivity index (χ1) is 12.5. The molecule has 1 N–H and O–H groups in total. The van der Waals surface area contributed by atoms with Crippen molar-refractivity contribution in [1.29, 1.82) is 0 Å². The van der Waals surface area contributed by atoms with Crippen molar-refractivity contribution in [3.05, 3.63) is 75.5 Å². The molecular formula is C21H21NO3S. The van der Waals surface area contributed by atoms with Gasteiger partial charge < -0.3 is 14.8 Å². The smallest absolute Gasteiger partial charge is 0.265 e. The van der Waals surface area contributed by atoms with E-state index in [0.717, 1.165) is 33.9 Å². The van der Waals surface area contributed by atoms with Crippen molar-refractivity contribution >= 4 is 22.9 Å². The number of benzene rings is 2. The van der Waals surface area contributed by atoms with Crippen molar-refractivity contribution in [3.63, 3.8) is 0 Å². The number of carbonyl (C=O) groups is 1. The van der Waals surface area contributed by atoms with Crippen LogP contribution < -0.4 is 14.8 Å². The van der Waals surface area contributed by atoms with E-state index in [1.807, 2.05) is 61.7 Å². The maximum absolute atomic E-state index is 12.4. The number of methoxy groups -OCH3 is 1. The molecule has 1 heterocycles. The summed E-state index contributed by atoms with van der Waals surface area (Å²) in [5.74, 6) is 1.45. The van der Waals surface area contributed by atoms with Gasteiger partial charge in [-0.2, -0.15) is 0 Å². The number of anilines is 1. The standard InChI is InChI=1S/C21H21NO3S/c1-14-8-15(2)10-17(9-14)22-21(23)20-11-16(13-26-20)12-25-19-6-4-18(24-3)5-7-19/h4-11,13H,12H2,1-3H3,(H,22,23). The molecule has 4 nitrogen and oxygen atoms in total. The summed E-state index contributed by atoms with van der Waals surface area (Å²) in [7, 11) is 1.63. The summed E-state index contributed by atoms with van der Waals surface area (Å²) in [6.07, 6.45) is 0. The predicted octanol–water partition coefficient (Wildman–Crippen LogP) is 5.20. The van der Waals surface area contributed by atoms with Gasteiger partial charge in [-0.05, 0) is 72.8 Å². The summed E-state index contributed by atoms with van der Waals surface area (Å²) in [6.45, 7) is 4.45. The number of hydrogen-bond donors (Lipinski definition) is 1. The lowest BCUT2D eigenvalue weighted by Gasteiger charge is -2.06. The lowest BCUT2D eigenvalue weighted by atomic mass is 10.1. The first-order valence-corrected chi connectivity index (χ1v) is 9.15. The summed E-state index contributed by atoms with van der Waals surface area (Å²) in [6, 6.07) is 15.3. The molecule has 134 valence electrons. The van der Waals surface area contributed by atoms with Crippen molar-refractivity contribution in [1.82, 2.24) is 0 Å². The molecule has 0 aliphatic carbocycles. The van der Waals surface area contributed by atoms with Crippen LogP contribution in [0, 0.1) is 13.8 Å². The third kappa shape index (κ3) is 4.64. The van der Waals surface area contributed by atoms with Gasteiger partial charge in [-0.1, -0.05) is 6.07 Å². The largest absolute Gasteiger partial charge is 0.497 e. The Kier molecular flexibility index (Phi) is 5.58. The Hall–Kier alpha value is -2.79. The molecule has 0 aliphatic rings. The topological polar surface area (TPSA) is 47.6 Å². The van der Waals surface area contributed by atoms with E-state index in [0.29, 0.717) is 11.5 Å². The number of aryl methyl sites for hydroxylation is 2. The highest BCUT2D eigenvalue weighted by atomic mass is 32.1. The van der Waals surface area contributed by atoms with Crippen LogP contribution in [0.25, 0.3) is 0 Å². The molecule has 2 aromatic carbocycles. The Morgan fingerprint density at radius 2 is 1.65 bits per heavy atom. The van der Waals surface area contributed by atoms with Gasteiger partial charge in [0.2, 0.25) is 0 Å². The van der Waals surface area contributed by atoms with Crippen molar-refractivity contribution < 1.29 is 14.3 Å². The molecule has 3 rings (SSSR count). The zero-order chi connectivity index (χ0) is 18.5. The molecule has 0 saturated heterocycles. The number of nitrogens with one attached hydrogen (secondary N) is 1. The molecule has 0 saturated carbocycles. The van der Waals surface area contributed by atoms with E-state index >= 15 is 0 Å². The Morgan fingerprint density at radius 3 is 2.31 bits per heavy atom. The second-order valence-corrected chi connectivity index (χ2v) is 7.03. The number of ether oxygens (including phenoxy) is 2. The lowest BCUT2D eigenvalue weighted by molar-refractivity contribution is 0.103. The fraction of sp³-hybridized carbons (Fsp3) is 0.190. The number of hydrogen-bond acceptors (Lipinski definition) is 4. The molecule has 1 aromatic heterocycles. The third-order valence-electron chi connectivity index (χ3n) is 3.82. The number of rotatable bonds is 6. The van der Waals surface area contributed by atoms with E-state index in [2.05, 4.69) is 11.4 Å². The molecule has 0 bridgehead atoms. The summed E-state index contributed by atoms with van der Waals surface area (Å²) in [4.78, 5) is 13.1. The quantitative estimate of drug-likeness (QED) is 0.651. The highest BCUT2D eigenvalue weighted by Crippen LogP contribution is 2.22. The minimum absolute atomic E-state index is 0.101. The van der Waals surface area contributed by atoms with Crippen LogP contribution >= 0.6 is 11.3 Å². The molecule has 0 aliphatic heterocycles. The van der Waals surface area contributed by atoms with Gasteiger partial charge in [0.1, 0.15) is 18.1 Å². The fourth-order valence-corrected chi connectivity index (χ4v) is 3.44. The van der Waals surface area contributed by atoms with Crippen molar-refractivity contribution in [2.24, 2.45) is 0 Å². The van der Waals surface area contributed by atoms with Gasteiger partial charge in [0.25, 0.3) is 5.91 Å². The molecule has 5 heteroatoms. The Morgan fingerprint density at radius 1 is 1.00 bits per heavy atom. The molecule has 0 unspecified atom stereocenters. The van der Waals surface area contributed by atoms with Crippen LogP contribution in [-0.4, -0.2) is 13.0 Å². The molecule has 0 spiro atoms. The summed E-state index contributed by atoms with van der Waals surface area (Å²) < 4.78 is 10.9. The van der Waals surface area contributed by atoms with Crippen LogP contribution in [0.15, 0.2) is 53.9 Å². The van der Waals surface area contributed by atoms with E-state index in [4.69, 9.17) is 9.47 Å². The molecule has 0 fully saturated rings. The minimum atomic E-state index is -0.101. The van der Waals surface area contributed by atoms with Gasteiger partial charge >= 0.3 is 0 Å². The molecule has 26 heavy (non-hydrogen) atoms. The van der Waals surface area contributed by atoms with Gasteiger partial charge in [0.15, 0.2) is 0 Å². The second kappa shape index (κ2) is 8.06. The van der Waals surface area contributed by atoms with E-state index in [9.17, 15) is 4.79 Å².